The lowest BCUT2D eigenvalue weighted by atomic mass is 10.2. The fourth-order valence-corrected chi connectivity index (χ4v) is 2.10. The number of ether oxygens (including phenoxy) is 2. The van der Waals surface area contributed by atoms with E-state index >= 15 is 0 Å². The van der Waals surface area contributed by atoms with Crippen LogP contribution in [-0.4, -0.2) is 18.2 Å². The van der Waals surface area contributed by atoms with E-state index in [0.717, 1.165) is 0 Å². The Morgan fingerprint density at radius 3 is 2.55 bits per heavy atom. The van der Waals surface area contributed by atoms with Gasteiger partial charge in [0.05, 0.1) is 9.95 Å². The molecule has 2 rings (SSSR count). The summed E-state index contributed by atoms with van der Waals surface area (Å²) < 4.78 is 22.8. The summed E-state index contributed by atoms with van der Waals surface area (Å²) >= 11 is 11.8. The number of alkyl halides is 1. The molecular formula is C14H10Cl2FNO4. The number of nitro benzene ring substituents is 1. The Morgan fingerprint density at radius 1 is 1.14 bits per heavy atom. The molecule has 0 aliphatic rings. The Bertz CT molecular complexity index is 697. The van der Waals surface area contributed by atoms with Crippen molar-refractivity contribution < 1.29 is 18.8 Å². The molecule has 22 heavy (non-hydrogen) atoms. The highest BCUT2D eigenvalue weighted by Crippen LogP contribution is 2.36. The Labute approximate surface area is 135 Å². The van der Waals surface area contributed by atoms with Crippen molar-refractivity contribution >= 4 is 28.9 Å². The SMILES string of the molecule is O=[N+]([O-])c1ccc(Oc2ccc(Cl)cc2Cl)cc1OCCF. The maximum absolute atomic E-state index is 12.2. The molecule has 2 aromatic rings. The second-order valence-corrected chi connectivity index (χ2v) is 4.94. The molecule has 0 saturated heterocycles. The van der Waals surface area contributed by atoms with Crippen LogP contribution in [0.1, 0.15) is 0 Å². The minimum Gasteiger partial charge on any atom is -0.484 e. The van der Waals surface area contributed by atoms with Gasteiger partial charge in [0.1, 0.15) is 24.8 Å². The topological polar surface area (TPSA) is 61.6 Å². The summed E-state index contributed by atoms with van der Waals surface area (Å²) in [6.07, 6.45) is 0. The first-order valence-corrected chi connectivity index (χ1v) is 6.87. The Kier molecular flexibility index (Phi) is 5.41. The largest absolute Gasteiger partial charge is 0.484 e. The molecule has 0 saturated carbocycles. The van der Waals surface area contributed by atoms with Crippen LogP contribution in [0.4, 0.5) is 10.1 Å². The van der Waals surface area contributed by atoms with E-state index in [4.69, 9.17) is 32.7 Å². The van der Waals surface area contributed by atoms with E-state index < -0.39 is 11.6 Å². The highest BCUT2D eigenvalue weighted by Gasteiger charge is 2.17. The highest BCUT2D eigenvalue weighted by molar-refractivity contribution is 6.35. The fourth-order valence-electron chi connectivity index (χ4n) is 1.66. The van der Waals surface area contributed by atoms with Gasteiger partial charge in [-0.1, -0.05) is 23.2 Å². The van der Waals surface area contributed by atoms with Crippen LogP contribution >= 0.6 is 23.2 Å². The number of benzene rings is 2. The van der Waals surface area contributed by atoms with E-state index in [2.05, 4.69) is 0 Å². The Balaban J connectivity index is 2.29. The van der Waals surface area contributed by atoms with Crippen LogP contribution in [0.5, 0.6) is 17.2 Å². The number of nitro groups is 1. The molecule has 116 valence electrons. The Morgan fingerprint density at radius 2 is 1.91 bits per heavy atom. The molecule has 0 fully saturated rings. The zero-order chi connectivity index (χ0) is 16.1. The van der Waals surface area contributed by atoms with Crippen molar-refractivity contribution in [3.8, 4) is 17.2 Å². The van der Waals surface area contributed by atoms with Crippen molar-refractivity contribution in [2.75, 3.05) is 13.3 Å². The number of nitrogens with zero attached hydrogens (tertiary/aromatic N) is 1. The molecule has 0 bridgehead atoms. The predicted molar refractivity (Wildman–Crippen MR) is 81.1 cm³/mol. The van der Waals surface area contributed by atoms with Gasteiger partial charge < -0.3 is 9.47 Å². The molecule has 0 spiro atoms. The van der Waals surface area contributed by atoms with Crippen LogP contribution in [0, 0.1) is 10.1 Å². The molecule has 0 radical (unpaired) electrons. The molecule has 0 aliphatic heterocycles. The predicted octanol–water partition coefficient (Wildman–Crippen LogP) is 5.04. The van der Waals surface area contributed by atoms with Crippen molar-refractivity contribution in [2.24, 2.45) is 0 Å². The number of halogens is 3. The molecule has 8 heteroatoms. The summed E-state index contributed by atoms with van der Waals surface area (Å²) in [6, 6.07) is 8.57. The first kappa shape index (κ1) is 16.3. The molecule has 0 aliphatic carbocycles. The lowest BCUT2D eigenvalue weighted by Crippen LogP contribution is -2.02. The van der Waals surface area contributed by atoms with Crippen LogP contribution in [0.3, 0.4) is 0 Å². The lowest BCUT2D eigenvalue weighted by Gasteiger charge is -2.10. The van der Waals surface area contributed by atoms with E-state index in [9.17, 15) is 14.5 Å². The monoisotopic (exact) mass is 345 g/mol. The third-order valence-corrected chi connectivity index (χ3v) is 3.11. The molecular weight excluding hydrogens is 336 g/mol. The van der Waals surface area contributed by atoms with Crippen molar-refractivity contribution in [2.45, 2.75) is 0 Å². The summed E-state index contributed by atoms with van der Waals surface area (Å²) in [6.45, 7) is -1.04. The van der Waals surface area contributed by atoms with Gasteiger partial charge in [0.15, 0.2) is 0 Å². The number of hydrogen-bond donors (Lipinski definition) is 0. The quantitative estimate of drug-likeness (QED) is 0.543. The van der Waals surface area contributed by atoms with E-state index in [-0.39, 0.29) is 28.8 Å². The van der Waals surface area contributed by atoms with Crippen LogP contribution in [0.15, 0.2) is 36.4 Å². The van der Waals surface area contributed by atoms with Gasteiger partial charge in [-0.15, -0.1) is 0 Å². The van der Waals surface area contributed by atoms with Gasteiger partial charge in [-0.05, 0) is 24.3 Å². The van der Waals surface area contributed by atoms with Gasteiger partial charge >= 0.3 is 5.69 Å². The number of hydrogen-bond acceptors (Lipinski definition) is 4. The van der Waals surface area contributed by atoms with E-state index in [1.165, 1.54) is 24.3 Å². The third kappa shape index (κ3) is 3.99. The summed E-state index contributed by atoms with van der Waals surface area (Å²) in [7, 11) is 0. The van der Waals surface area contributed by atoms with Crippen molar-refractivity contribution in [1.29, 1.82) is 0 Å². The maximum Gasteiger partial charge on any atom is 0.311 e. The van der Waals surface area contributed by atoms with Gasteiger partial charge in [0.25, 0.3) is 0 Å². The van der Waals surface area contributed by atoms with Gasteiger partial charge in [0, 0.05) is 17.2 Å². The smallest absolute Gasteiger partial charge is 0.311 e. The van der Waals surface area contributed by atoms with Crippen molar-refractivity contribution in [1.82, 2.24) is 0 Å². The van der Waals surface area contributed by atoms with Crippen LogP contribution < -0.4 is 9.47 Å². The van der Waals surface area contributed by atoms with Crippen LogP contribution in [-0.2, 0) is 0 Å². The summed E-state index contributed by atoms with van der Waals surface area (Å²) in [5.74, 6) is 0.519. The minimum absolute atomic E-state index is 0.0785. The van der Waals surface area contributed by atoms with Gasteiger partial charge in [-0.2, -0.15) is 0 Å². The van der Waals surface area contributed by atoms with E-state index in [1.54, 1.807) is 12.1 Å². The molecule has 0 N–H and O–H groups in total. The Hall–Kier alpha value is -2.05. The van der Waals surface area contributed by atoms with Crippen molar-refractivity contribution in [3.63, 3.8) is 0 Å². The normalized spacial score (nSPS) is 10.3. The molecule has 0 unspecified atom stereocenters. The zero-order valence-corrected chi connectivity index (χ0v) is 12.6. The molecule has 0 amide bonds. The second kappa shape index (κ2) is 7.29. The lowest BCUT2D eigenvalue weighted by molar-refractivity contribution is -0.385. The maximum atomic E-state index is 12.2. The average Bonchev–Trinajstić information content (AvgIpc) is 2.48. The summed E-state index contributed by atoms with van der Waals surface area (Å²) in [4.78, 5) is 10.3. The first-order valence-electron chi connectivity index (χ1n) is 6.11. The van der Waals surface area contributed by atoms with Crippen molar-refractivity contribution in [3.05, 3.63) is 56.6 Å². The first-order chi connectivity index (χ1) is 10.5. The molecule has 0 heterocycles. The summed E-state index contributed by atoms with van der Waals surface area (Å²) in [5, 5.41) is 11.6. The standard InChI is InChI=1S/C14H10Cl2FNO4/c15-9-1-4-13(11(16)7-9)22-10-2-3-12(18(19)20)14(8-10)21-6-5-17/h1-4,7-8H,5-6H2. The molecule has 5 nitrogen and oxygen atoms in total. The highest BCUT2D eigenvalue weighted by atomic mass is 35.5. The number of rotatable bonds is 6. The average molecular weight is 346 g/mol. The van der Waals surface area contributed by atoms with E-state index in [1.807, 2.05) is 0 Å². The summed E-state index contributed by atoms with van der Waals surface area (Å²) in [5.41, 5.74) is -0.275. The van der Waals surface area contributed by atoms with Gasteiger partial charge in [0.2, 0.25) is 5.75 Å². The van der Waals surface area contributed by atoms with Crippen LogP contribution in [0.25, 0.3) is 0 Å². The minimum atomic E-state index is -0.759. The molecule has 2 aromatic carbocycles. The fraction of sp³-hybridized carbons (Fsp3) is 0.143. The second-order valence-electron chi connectivity index (χ2n) is 4.10. The third-order valence-electron chi connectivity index (χ3n) is 2.58. The molecule has 0 atom stereocenters. The van der Waals surface area contributed by atoms with Gasteiger partial charge in [-0.3, -0.25) is 10.1 Å². The van der Waals surface area contributed by atoms with Crippen LogP contribution in [0.2, 0.25) is 10.0 Å². The molecule has 0 aromatic heterocycles. The van der Waals surface area contributed by atoms with E-state index in [0.29, 0.717) is 10.8 Å². The zero-order valence-electron chi connectivity index (χ0n) is 11.1. The van der Waals surface area contributed by atoms with Gasteiger partial charge in [-0.25, -0.2) is 4.39 Å².